The summed E-state index contributed by atoms with van der Waals surface area (Å²) in [5, 5.41) is 12.3. The lowest BCUT2D eigenvalue weighted by atomic mass is 9.87. The minimum absolute atomic E-state index is 0.0282. The van der Waals surface area contributed by atoms with Crippen LogP contribution in [0.3, 0.4) is 0 Å². The van der Waals surface area contributed by atoms with Crippen molar-refractivity contribution in [3.63, 3.8) is 0 Å². The van der Waals surface area contributed by atoms with E-state index in [1.165, 1.54) is 0 Å². The van der Waals surface area contributed by atoms with Gasteiger partial charge in [0.25, 0.3) is 0 Å². The second-order valence-electron chi connectivity index (χ2n) is 5.67. The van der Waals surface area contributed by atoms with Gasteiger partial charge in [-0.3, -0.25) is 4.79 Å². The topological polar surface area (TPSA) is 49.3 Å². The third-order valence-electron chi connectivity index (χ3n) is 3.52. The van der Waals surface area contributed by atoms with Gasteiger partial charge in [-0.25, -0.2) is 0 Å². The Balaban J connectivity index is 2.19. The van der Waals surface area contributed by atoms with Gasteiger partial charge in [0.2, 0.25) is 5.91 Å². The van der Waals surface area contributed by atoms with Crippen molar-refractivity contribution in [2.45, 2.75) is 26.7 Å². The van der Waals surface area contributed by atoms with Gasteiger partial charge in [0.1, 0.15) is 5.75 Å². The van der Waals surface area contributed by atoms with Crippen molar-refractivity contribution in [3.8, 4) is 5.75 Å². The molecule has 3 nitrogen and oxygen atoms in total. The summed E-state index contributed by atoms with van der Waals surface area (Å²) in [7, 11) is 0. The van der Waals surface area contributed by atoms with Crippen LogP contribution < -0.4 is 5.32 Å². The number of hydrogen-bond acceptors (Lipinski definition) is 2. The van der Waals surface area contributed by atoms with Crippen molar-refractivity contribution < 1.29 is 9.90 Å². The quantitative estimate of drug-likeness (QED) is 0.888. The summed E-state index contributed by atoms with van der Waals surface area (Å²) < 4.78 is 0. The SMILES string of the molecule is Cc1ccc(NC(=O)C(c2ccc(O)cc2)C(C)C)cc1. The van der Waals surface area contributed by atoms with E-state index < -0.39 is 0 Å². The highest BCUT2D eigenvalue weighted by molar-refractivity contribution is 5.96. The molecule has 0 radical (unpaired) electrons. The fourth-order valence-electron chi connectivity index (χ4n) is 2.38. The fraction of sp³-hybridized carbons (Fsp3) is 0.278. The van der Waals surface area contributed by atoms with Gasteiger partial charge in [0.05, 0.1) is 5.92 Å². The van der Waals surface area contributed by atoms with E-state index in [-0.39, 0.29) is 23.5 Å². The molecule has 2 aromatic rings. The monoisotopic (exact) mass is 283 g/mol. The lowest BCUT2D eigenvalue weighted by molar-refractivity contribution is -0.118. The maximum Gasteiger partial charge on any atom is 0.232 e. The molecule has 0 bridgehead atoms. The number of anilines is 1. The van der Waals surface area contributed by atoms with E-state index in [1.807, 2.05) is 45.0 Å². The zero-order valence-corrected chi connectivity index (χ0v) is 12.6. The predicted octanol–water partition coefficient (Wildman–Crippen LogP) is 4.08. The first-order chi connectivity index (χ1) is 9.97. The molecule has 0 heterocycles. The van der Waals surface area contributed by atoms with Crippen LogP contribution >= 0.6 is 0 Å². The van der Waals surface area contributed by atoms with Gasteiger partial charge in [0, 0.05) is 5.69 Å². The van der Waals surface area contributed by atoms with Gasteiger partial charge in [-0.1, -0.05) is 43.7 Å². The summed E-state index contributed by atoms with van der Waals surface area (Å²) in [5.41, 5.74) is 2.87. The Hall–Kier alpha value is -2.29. The van der Waals surface area contributed by atoms with Crippen molar-refractivity contribution in [1.29, 1.82) is 0 Å². The average Bonchev–Trinajstić information content (AvgIpc) is 2.43. The normalized spacial score (nSPS) is 12.2. The summed E-state index contributed by atoms with van der Waals surface area (Å²) in [5.74, 6) is 0.103. The van der Waals surface area contributed by atoms with E-state index >= 15 is 0 Å². The number of carbonyl (C=O) groups excluding carboxylic acids is 1. The van der Waals surface area contributed by atoms with Crippen LogP contribution in [0.15, 0.2) is 48.5 Å². The van der Waals surface area contributed by atoms with E-state index in [0.717, 1.165) is 16.8 Å². The minimum atomic E-state index is -0.244. The molecule has 0 saturated heterocycles. The fourth-order valence-corrected chi connectivity index (χ4v) is 2.38. The number of aryl methyl sites for hydroxylation is 1. The van der Waals surface area contributed by atoms with E-state index in [4.69, 9.17) is 0 Å². The van der Waals surface area contributed by atoms with Crippen molar-refractivity contribution >= 4 is 11.6 Å². The van der Waals surface area contributed by atoms with Crippen molar-refractivity contribution in [3.05, 3.63) is 59.7 Å². The van der Waals surface area contributed by atoms with E-state index in [1.54, 1.807) is 24.3 Å². The molecule has 110 valence electrons. The number of benzene rings is 2. The summed E-state index contributed by atoms with van der Waals surface area (Å²) in [4.78, 5) is 12.6. The first-order valence-corrected chi connectivity index (χ1v) is 7.14. The number of hydrogen-bond donors (Lipinski definition) is 2. The molecule has 1 atom stereocenters. The van der Waals surface area contributed by atoms with Crippen LogP contribution in [0.1, 0.15) is 30.9 Å². The molecular formula is C18H21NO2. The Morgan fingerprint density at radius 2 is 1.57 bits per heavy atom. The number of phenolic OH excluding ortho intramolecular Hbond substituents is 1. The van der Waals surface area contributed by atoms with Gasteiger partial charge in [-0.2, -0.15) is 0 Å². The number of phenols is 1. The van der Waals surface area contributed by atoms with Crippen molar-refractivity contribution in [2.24, 2.45) is 5.92 Å². The standard InChI is InChI=1S/C18H21NO2/c1-12(2)17(14-6-10-16(20)11-7-14)18(21)19-15-8-4-13(3)5-9-15/h4-12,17,20H,1-3H3,(H,19,21). The highest BCUT2D eigenvalue weighted by atomic mass is 16.3. The van der Waals surface area contributed by atoms with Crippen LogP contribution in [-0.4, -0.2) is 11.0 Å². The molecule has 2 aromatic carbocycles. The number of nitrogens with one attached hydrogen (secondary N) is 1. The van der Waals surface area contributed by atoms with Gasteiger partial charge in [-0.15, -0.1) is 0 Å². The van der Waals surface area contributed by atoms with Gasteiger partial charge < -0.3 is 10.4 Å². The van der Waals surface area contributed by atoms with Crippen LogP contribution in [0.2, 0.25) is 0 Å². The first-order valence-electron chi connectivity index (χ1n) is 7.14. The lowest BCUT2D eigenvalue weighted by Gasteiger charge is -2.21. The number of aromatic hydroxyl groups is 1. The maximum atomic E-state index is 12.6. The molecule has 0 aliphatic carbocycles. The van der Waals surface area contributed by atoms with Gasteiger partial charge >= 0.3 is 0 Å². The maximum absolute atomic E-state index is 12.6. The van der Waals surface area contributed by atoms with E-state index in [0.29, 0.717) is 0 Å². The van der Waals surface area contributed by atoms with Crippen LogP contribution in [0.25, 0.3) is 0 Å². The molecule has 0 spiro atoms. The highest BCUT2D eigenvalue weighted by Gasteiger charge is 2.24. The molecule has 3 heteroatoms. The molecule has 2 N–H and O–H groups in total. The molecule has 2 rings (SSSR count). The van der Waals surface area contributed by atoms with Crippen LogP contribution in [0.5, 0.6) is 5.75 Å². The summed E-state index contributed by atoms with van der Waals surface area (Å²) in [6.07, 6.45) is 0. The molecule has 0 saturated carbocycles. The molecule has 1 unspecified atom stereocenters. The number of rotatable bonds is 4. The second kappa shape index (κ2) is 6.44. The third-order valence-corrected chi connectivity index (χ3v) is 3.52. The smallest absolute Gasteiger partial charge is 0.232 e. The zero-order valence-electron chi connectivity index (χ0n) is 12.6. The van der Waals surface area contributed by atoms with Gasteiger partial charge in [0.15, 0.2) is 0 Å². The van der Waals surface area contributed by atoms with Crippen LogP contribution in [0.4, 0.5) is 5.69 Å². The molecule has 0 fully saturated rings. The molecule has 1 amide bonds. The largest absolute Gasteiger partial charge is 0.508 e. The van der Waals surface area contributed by atoms with Crippen LogP contribution in [-0.2, 0) is 4.79 Å². The van der Waals surface area contributed by atoms with Crippen molar-refractivity contribution in [1.82, 2.24) is 0 Å². The minimum Gasteiger partial charge on any atom is -0.508 e. The van der Waals surface area contributed by atoms with Crippen LogP contribution in [0, 0.1) is 12.8 Å². The Morgan fingerprint density at radius 1 is 1.00 bits per heavy atom. The lowest BCUT2D eigenvalue weighted by Crippen LogP contribution is -2.25. The van der Waals surface area contributed by atoms with E-state index in [2.05, 4.69) is 5.32 Å². The molecule has 21 heavy (non-hydrogen) atoms. The molecule has 0 aliphatic heterocycles. The summed E-state index contributed by atoms with van der Waals surface area (Å²) in [6, 6.07) is 14.6. The number of amides is 1. The predicted molar refractivity (Wildman–Crippen MR) is 85.5 cm³/mol. The third kappa shape index (κ3) is 3.85. The zero-order chi connectivity index (χ0) is 15.4. The number of carbonyl (C=O) groups is 1. The Labute approximate surface area is 125 Å². The Bertz CT molecular complexity index is 600. The molecule has 0 aromatic heterocycles. The first kappa shape index (κ1) is 15.1. The molecular weight excluding hydrogens is 262 g/mol. The molecule has 0 aliphatic rings. The average molecular weight is 283 g/mol. The summed E-state index contributed by atoms with van der Waals surface area (Å²) in [6.45, 7) is 6.05. The van der Waals surface area contributed by atoms with Crippen molar-refractivity contribution in [2.75, 3.05) is 5.32 Å². The Morgan fingerprint density at radius 3 is 2.10 bits per heavy atom. The Kier molecular flexibility index (Phi) is 4.63. The second-order valence-corrected chi connectivity index (χ2v) is 5.67. The van der Waals surface area contributed by atoms with Gasteiger partial charge in [-0.05, 0) is 42.7 Å². The highest BCUT2D eigenvalue weighted by Crippen LogP contribution is 2.27. The summed E-state index contributed by atoms with van der Waals surface area (Å²) >= 11 is 0. The van der Waals surface area contributed by atoms with E-state index in [9.17, 15) is 9.90 Å².